The first-order valence-corrected chi connectivity index (χ1v) is 6.83. The molecule has 0 aliphatic heterocycles. The molecular weight excluding hydrogens is 237 g/mol. The van der Waals surface area contributed by atoms with Crippen LogP contribution in [0.2, 0.25) is 0 Å². The molecule has 0 amide bonds. The van der Waals surface area contributed by atoms with Crippen LogP contribution in [0.1, 0.15) is 37.7 Å². The fourth-order valence-corrected chi connectivity index (χ4v) is 2.88. The SMILES string of the molecule is CN(c1ccc(F)cc1CCl)C1CCCCC1. The Morgan fingerprint density at radius 3 is 2.65 bits per heavy atom. The molecule has 3 heteroatoms. The minimum atomic E-state index is -0.207. The average Bonchev–Trinajstić information content (AvgIpc) is 2.39. The first-order valence-electron chi connectivity index (χ1n) is 6.29. The van der Waals surface area contributed by atoms with Crippen LogP contribution in [0.5, 0.6) is 0 Å². The molecule has 0 saturated heterocycles. The Balaban J connectivity index is 2.19. The summed E-state index contributed by atoms with van der Waals surface area (Å²) in [5.41, 5.74) is 1.97. The lowest BCUT2D eigenvalue weighted by molar-refractivity contribution is 0.427. The number of hydrogen-bond donors (Lipinski definition) is 0. The van der Waals surface area contributed by atoms with Gasteiger partial charge in [0, 0.05) is 24.7 Å². The lowest BCUT2D eigenvalue weighted by atomic mass is 9.94. The van der Waals surface area contributed by atoms with Gasteiger partial charge in [-0.15, -0.1) is 11.6 Å². The van der Waals surface area contributed by atoms with Crippen LogP contribution in [-0.2, 0) is 5.88 Å². The van der Waals surface area contributed by atoms with E-state index < -0.39 is 0 Å². The molecule has 0 spiro atoms. The maximum Gasteiger partial charge on any atom is 0.123 e. The van der Waals surface area contributed by atoms with Gasteiger partial charge in [0.2, 0.25) is 0 Å². The number of anilines is 1. The van der Waals surface area contributed by atoms with Gasteiger partial charge >= 0.3 is 0 Å². The van der Waals surface area contributed by atoms with Crippen molar-refractivity contribution < 1.29 is 4.39 Å². The molecule has 1 fully saturated rings. The van der Waals surface area contributed by atoms with Crippen LogP contribution >= 0.6 is 11.6 Å². The Hall–Kier alpha value is -0.760. The second-order valence-electron chi connectivity index (χ2n) is 4.81. The highest BCUT2D eigenvalue weighted by molar-refractivity contribution is 6.17. The highest BCUT2D eigenvalue weighted by Gasteiger charge is 2.20. The van der Waals surface area contributed by atoms with E-state index >= 15 is 0 Å². The third kappa shape index (κ3) is 2.92. The minimum Gasteiger partial charge on any atom is -0.371 e. The van der Waals surface area contributed by atoms with Gasteiger partial charge in [0.05, 0.1) is 0 Å². The minimum absolute atomic E-state index is 0.207. The number of benzene rings is 1. The Morgan fingerprint density at radius 1 is 1.29 bits per heavy atom. The van der Waals surface area contributed by atoms with Gasteiger partial charge < -0.3 is 4.90 Å². The lowest BCUT2D eigenvalue weighted by Crippen LogP contribution is -2.33. The predicted molar refractivity (Wildman–Crippen MR) is 71.2 cm³/mol. The van der Waals surface area contributed by atoms with Gasteiger partial charge in [-0.25, -0.2) is 4.39 Å². The van der Waals surface area contributed by atoms with Gasteiger partial charge in [-0.05, 0) is 36.6 Å². The Kier molecular flexibility index (Phi) is 4.27. The van der Waals surface area contributed by atoms with Crippen LogP contribution in [0, 0.1) is 5.82 Å². The molecule has 1 aromatic carbocycles. The molecule has 2 rings (SSSR count). The van der Waals surface area contributed by atoms with Crippen LogP contribution in [0.4, 0.5) is 10.1 Å². The summed E-state index contributed by atoms with van der Waals surface area (Å²) in [6.45, 7) is 0. The first-order chi connectivity index (χ1) is 8.22. The smallest absolute Gasteiger partial charge is 0.123 e. The van der Waals surface area contributed by atoms with E-state index in [0.29, 0.717) is 11.9 Å². The molecular formula is C14H19ClFN. The zero-order chi connectivity index (χ0) is 12.3. The van der Waals surface area contributed by atoms with E-state index in [1.807, 2.05) is 6.07 Å². The second kappa shape index (κ2) is 5.72. The summed E-state index contributed by atoms with van der Waals surface area (Å²) in [5.74, 6) is 0.158. The van der Waals surface area contributed by atoms with Crippen molar-refractivity contribution in [1.82, 2.24) is 0 Å². The molecule has 0 atom stereocenters. The summed E-state index contributed by atoms with van der Waals surface area (Å²) in [6, 6.07) is 5.49. The third-order valence-electron chi connectivity index (χ3n) is 3.69. The van der Waals surface area contributed by atoms with Crippen molar-refractivity contribution >= 4 is 17.3 Å². The fraction of sp³-hybridized carbons (Fsp3) is 0.571. The van der Waals surface area contributed by atoms with E-state index in [0.717, 1.165) is 11.3 Å². The van der Waals surface area contributed by atoms with Crippen LogP contribution in [0.3, 0.4) is 0 Å². The van der Waals surface area contributed by atoms with Crippen LogP contribution in [0.15, 0.2) is 18.2 Å². The van der Waals surface area contributed by atoms with E-state index in [1.54, 1.807) is 6.07 Å². The highest BCUT2D eigenvalue weighted by atomic mass is 35.5. The molecule has 0 N–H and O–H groups in total. The molecule has 0 radical (unpaired) electrons. The topological polar surface area (TPSA) is 3.24 Å². The van der Waals surface area contributed by atoms with Crippen molar-refractivity contribution in [2.45, 2.75) is 44.0 Å². The fourth-order valence-electron chi connectivity index (χ4n) is 2.67. The molecule has 1 nitrogen and oxygen atoms in total. The van der Waals surface area contributed by atoms with E-state index in [2.05, 4.69) is 11.9 Å². The number of hydrogen-bond acceptors (Lipinski definition) is 1. The third-order valence-corrected chi connectivity index (χ3v) is 3.98. The number of halogens is 2. The van der Waals surface area contributed by atoms with Crippen molar-refractivity contribution in [2.75, 3.05) is 11.9 Å². The Labute approximate surface area is 108 Å². The zero-order valence-electron chi connectivity index (χ0n) is 10.3. The maximum absolute atomic E-state index is 13.2. The number of rotatable bonds is 3. The normalized spacial score (nSPS) is 17.1. The molecule has 0 aromatic heterocycles. The lowest BCUT2D eigenvalue weighted by Gasteiger charge is -2.34. The van der Waals surface area contributed by atoms with Crippen LogP contribution in [-0.4, -0.2) is 13.1 Å². The highest BCUT2D eigenvalue weighted by Crippen LogP contribution is 2.29. The first kappa shape index (κ1) is 12.7. The molecule has 0 unspecified atom stereocenters. The molecule has 1 aliphatic carbocycles. The number of alkyl halides is 1. The monoisotopic (exact) mass is 255 g/mol. The van der Waals surface area contributed by atoms with E-state index in [-0.39, 0.29) is 5.82 Å². The van der Waals surface area contributed by atoms with Crippen molar-refractivity contribution in [1.29, 1.82) is 0 Å². The average molecular weight is 256 g/mol. The molecule has 1 saturated carbocycles. The van der Waals surface area contributed by atoms with E-state index in [4.69, 9.17) is 11.6 Å². The van der Waals surface area contributed by atoms with Gasteiger partial charge in [0.15, 0.2) is 0 Å². The summed E-state index contributed by atoms with van der Waals surface area (Å²) in [4.78, 5) is 2.27. The summed E-state index contributed by atoms with van der Waals surface area (Å²) in [6.07, 6.45) is 6.40. The van der Waals surface area contributed by atoms with Gasteiger partial charge in [-0.3, -0.25) is 0 Å². The van der Waals surface area contributed by atoms with Gasteiger partial charge in [-0.2, -0.15) is 0 Å². The zero-order valence-corrected chi connectivity index (χ0v) is 11.0. The molecule has 1 aliphatic rings. The van der Waals surface area contributed by atoms with Gasteiger partial charge in [-0.1, -0.05) is 19.3 Å². The second-order valence-corrected chi connectivity index (χ2v) is 5.08. The van der Waals surface area contributed by atoms with Gasteiger partial charge in [0.1, 0.15) is 5.82 Å². The Morgan fingerprint density at radius 2 is 2.00 bits per heavy atom. The maximum atomic E-state index is 13.2. The summed E-state index contributed by atoms with van der Waals surface area (Å²) >= 11 is 5.89. The summed E-state index contributed by atoms with van der Waals surface area (Å²) in [5, 5.41) is 0. The molecule has 17 heavy (non-hydrogen) atoms. The number of nitrogens with zero attached hydrogens (tertiary/aromatic N) is 1. The molecule has 0 heterocycles. The van der Waals surface area contributed by atoms with Crippen molar-refractivity contribution in [3.05, 3.63) is 29.6 Å². The van der Waals surface area contributed by atoms with Crippen LogP contribution < -0.4 is 4.90 Å². The summed E-state index contributed by atoms with van der Waals surface area (Å²) in [7, 11) is 2.10. The van der Waals surface area contributed by atoms with Crippen molar-refractivity contribution in [2.24, 2.45) is 0 Å². The van der Waals surface area contributed by atoms with Crippen LogP contribution in [0.25, 0.3) is 0 Å². The molecule has 0 bridgehead atoms. The van der Waals surface area contributed by atoms with E-state index in [1.165, 1.54) is 38.2 Å². The standard InChI is InChI=1S/C14H19ClFN/c1-17(13-5-3-2-4-6-13)14-8-7-12(16)9-11(14)10-15/h7-9,13H,2-6,10H2,1H3. The molecule has 94 valence electrons. The van der Waals surface area contributed by atoms with Crippen molar-refractivity contribution in [3.8, 4) is 0 Å². The van der Waals surface area contributed by atoms with Gasteiger partial charge in [0.25, 0.3) is 0 Å². The summed E-state index contributed by atoms with van der Waals surface area (Å²) < 4.78 is 13.2. The predicted octanol–water partition coefficient (Wildman–Crippen LogP) is 4.33. The van der Waals surface area contributed by atoms with E-state index in [9.17, 15) is 4.39 Å². The van der Waals surface area contributed by atoms with Crippen molar-refractivity contribution in [3.63, 3.8) is 0 Å². The quantitative estimate of drug-likeness (QED) is 0.727. The largest absolute Gasteiger partial charge is 0.371 e. The molecule has 1 aromatic rings. The Bertz CT molecular complexity index is 374.